The molecule has 0 radical (unpaired) electrons. The van der Waals surface area contributed by atoms with Gasteiger partial charge in [0.05, 0.1) is 0 Å². The Morgan fingerprint density at radius 2 is 2.04 bits per heavy atom. The summed E-state index contributed by atoms with van der Waals surface area (Å²) in [7, 11) is 0. The number of urea groups is 1. The number of hydrazine groups is 1. The Morgan fingerprint density at radius 3 is 2.68 bits per heavy atom. The van der Waals surface area contributed by atoms with E-state index in [0.29, 0.717) is 36.8 Å². The van der Waals surface area contributed by atoms with Crippen molar-refractivity contribution in [2.75, 3.05) is 13.2 Å². The first-order valence-electron chi connectivity index (χ1n) is 8.66. The second-order valence-electron chi connectivity index (χ2n) is 6.98. The summed E-state index contributed by atoms with van der Waals surface area (Å²) in [5, 5.41) is 3.39. The first-order valence-corrected chi connectivity index (χ1v) is 8.66. The van der Waals surface area contributed by atoms with Crippen LogP contribution in [0.5, 0.6) is 0 Å². The SMILES string of the molecule is CC1CCC2(CC1)NC(=O)N(NC(=O)COC(=O)[C@@H]1CCCO1)C2=O. The summed E-state index contributed by atoms with van der Waals surface area (Å²) in [6, 6.07) is -0.654. The third-order valence-electron chi connectivity index (χ3n) is 5.06. The predicted octanol–water partition coefficient (Wildman–Crippen LogP) is 0.241. The molecular formula is C16H23N3O6. The third-order valence-corrected chi connectivity index (χ3v) is 5.06. The molecule has 2 aliphatic heterocycles. The highest BCUT2D eigenvalue weighted by atomic mass is 16.6. The lowest BCUT2D eigenvalue weighted by Crippen LogP contribution is -2.52. The van der Waals surface area contributed by atoms with Gasteiger partial charge in [-0.25, -0.2) is 9.59 Å². The van der Waals surface area contributed by atoms with Crippen LogP contribution in [0.1, 0.15) is 45.4 Å². The summed E-state index contributed by atoms with van der Waals surface area (Å²) < 4.78 is 10.0. The Morgan fingerprint density at radius 1 is 1.32 bits per heavy atom. The Labute approximate surface area is 145 Å². The van der Waals surface area contributed by atoms with Gasteiger partial charge in [0.25, 0.3) is 11.8 Å². The molecule has 3 fully saturated rings. The Hall–Kier alpha value is -2.16. The first kappa shape index (κ1) is 17.7. The van der Waals surface area contributed by atoms with Crippen LogP contribution in [0.2, 0.25) is 0 Å². The second-order valence-corrected chi connectivity index (χ2v) is 6.98. The molecule has 3 aliphatic rings. The van der Waals surface area contributed by atoms with E-state index in [1.54, 1.807) is 0 Å². The molecule has 2 saturated heterocycles. The molecule has 138 valence electrons. The quantitative estimate of drug-likeness (QED) is 0.553. The topological polar surface area (TPSA) is 114 Å². The van der Waals surface area contributed by atoms with E-state index in [4.69, 9.17) is 9.47 Å². The van der Waals surface area contributed by atoms with Crippen molar-refractivity contribution >= 4 is 23.8 Å². The molecule has 1 saturated carbocycles. The molecular weight excluding hydrogens is 330 g/mol. The molecule has 1 atom stereocenters. The second kappa shape index (κ2) is 6.99. The molecule has 1 spiro atoms. The molecule has 0 unspecified atom stereocenters. The molecule has 0 bridgehead atoms. The molecule has 2 N–H and O–H groups in total. The van der Waals surface area contributed by atoms with E-state index in [1.807, 2.05) is 0 Å². The highest BCUT2D eigenvalue weighted by Crippen LogP contribution is 2.35. The van der Waals surface area contributed by atoms with Crippen LogP contribution in [0.4, 0.5) is 4.79 Å². The van der Waals surface area contributed by atoms with Crippen LogP contribution in [0.25, 0.3) is 0 Å². The van der Waals surface area contributed by atoms with Gasteiger partial charge in [-0.3, -0.25) is 15.0 Å². The number of amides is 4. The molecule has 9 nitrogen and oxygen atoms in total. The third kappa shape index (κ3) is 3.60. The molecule has 4 amide bonds. The van der Waals surface area contributed by atoms with Gasteiger partial charge in [-0.2, -0.15) is 5.01 Å². The molecule has 1 aliphatic carbocycles. The van der Waals surface area contributed by atoms with Gasteiger partial charge in [-0.05, 0) is 44.4 Å². The summed E-state index contributed by atoms with van der Waals surface area (Å²) >= 11 is 0. The minimum Gasteiger partial charge on any atom is -0.454 e. The highest BCUT2D eigenvalue weighted by Gasteiger charge is 2.52. The van der Waals surface area contributed by atoms with Gasteiger partial charge in [-0.1, -0.05) is 6.92 Å². The molecule has 0 aromatic heterocycles. The Balaban J connectivity index is 1.51. The van der Waals surface area contributed by atoms with Crippen molar-refractivity contribution in [2.24, 2.45) is 5.92 Å². The minimum atomic E-state index is -0.925. The number of esters is 1. The van der Waals surface area contributed by atoms with Crippen molar-refractivity contribution < 1.29 is 28.7 Å². The summed E-state index contributed by atoms with van der Waals surface area (Å²) in [6.07, 6.45) is 3.48. The number of nitrogens with one attached hydrogen (secondary N) is 2. The molecule has 3 rings (SSSR count). The molecule has 9 heteroatoms. The number of nitrogens with zero attached hydrogens (tertiary/aromatic N) is 1. The van der Waals surface area contributed by atoms with Crippen molar-refractivity contribution in [3.05, 3.63) is 0 Å². The number of carbonyl (C=O) groups excluding carboxylic acids is 4. The van der Waals surface area contributed by atoms with Gasteiger partial charge < -0.3 is 14.8 Å². The monoisotopic (exact) mass is 353 g/mol. The van der Waals surface area contributed by atoms with Crippen molar-refractivity contribution in [1.82, 2.24) is 15.8 Å². The maximum atomic E-state index is 12.6. The molecule has 0 aromatic carbocycles. The fourth-order valence-corrected chi connectivity index (χ4v) is 3.47. The van der Waals surface area contributed by atoms with Crippen LogP contribution in [0, 0.1) is 5.92 Å². The van der Waals surface area contributed by atoms with Crippen LogP contribution >= 0.6 is 0 Å². The van der Waals surface area contributed by atoms with E-state index in [9.17, 15) is 19.2 Å². The smallest absolute Gasteiger partial charge is 0.344 e. The fraction of sp³-hybridized carbons (Fsp3) is 0.750. The van der Waals surface area contributed by atoms with E-state index in [2.05, 4.69) is 17.7 Å². The average molecular weight is 353 g/mol. The zero-order valence-corrected chi connectivity index (χ0v) is 14.2. The standard InChI is InChI=1S/C16H23N3O6/c1-10-4-6-16(7-5-10)14(22)19(15(23)17-16)18-12(20)9-25-13(21)11-3-2-8-24-11/h10-11H,2-9H2,1H3,(H,17,23)(H,18,20)/t10?,11-,16?/m0/s1. The summed E-state index contributed by atoms with van der Waals surface area (Å²) in [5.74, 6) is -1.29. The lowest BCUT2D eigenvalue weighted by molar-refractivity contribution is -0.158. The fourth-order valence-electron chi connectivity index (χ4n) is 3.47. The summed E-state index contributed by atoms with van der Waals surface area (Å²) in [6.45, 7) is 2.03. The van der Waals surface area contributed by atoms with Gasteiger partial charge in [0.1, 0.15) is 5.54 Å². The van der Waals surface area contributed by atoms with Gasteiger partial charge in [0.2, 0.25) is 0 Å². The predicted molar refractivity (Wildman–Crippen MR) is 83.8 cm³/mol. The molecule has 2 heterocycles. The normalized spacial score (nSPS) is 32.0. The van der Waals surface area contributed by atoms with Gasteiger partial charge in [0, 0.05) is 6.61 Å². The lowest BCUT2D eigenvalue weighted by Gasteiger charge is -2.33. The van der Waals surface area contributed by atoms with Gasteiger partial charge in [-0.15, -0.1) is 0 Å². The van der Waals surface area contributed by atoms with Crippen LogP contribution in [-0.4, -0.2) is 53.7 Å². The average Bonchev–Trinajstić information content (AvgIpc) is 3.20. The maximum absolute atomic E-state index is 12.6. The zero-order valence-electron chi connectivity index (χ0n) is 14.2. The van der Waals surface area contributed by atoms with Gasteiger partial charge in [0.15, 0.2) is 12.7 Å². The number of rotatable bonds is 4. The summed E-state index contributed by atoms with van der Waals surface area (Å²) in [4.78, 5) is 48.3. The van der Waals surface area contributed by atoms with Crippen LogP contribution in [0.15, 0.2) is 0 Å². The van der Waals surface area contributed by atoms with Crippen LogP contribution in [-0.2, 0) is 23.9 Å². The Kier molecular flexibility index (Phi) is 4.94. The number of hydrogen-bond acceptors (Lipinski definition) is 6. The minimum absolute atomic E-state index is 0.455. The van der Waals surface area contributed by atoms with E-state index in [0.717, 1.165) is 19.3 Å². The van der Waals surface area contributed by atoms with E-state index in [1.165, 1.54) is 0 Å². The van der Waals surface area contributed by atoms with Crippen molar-refractivity contribution in [1.29, 1.82) is 0 Å². The molecule has 0 aromatic rings. The van der Waals surface area contributed by atoms with E-state index < -0.39 is 42.1 Å². The van der Waals surface area contributed by atoms with Crippen LogP contribution in [0.3, 0.4) is 0 Å². The van der Waals surface area contributed by atoms with Gasteiger partial charge >= 0.3 is 12.0 Å². The maximum Gasteiger partial charge on any atom is 0.344 e. The lowest BCUT2D eigenvalue weighted by atomic mass is 9.77. The first-order chi connectivity index (χ1) is 11.9. The van der Waals surface area contributed by atoms with Crippen LogP contribution < -0.4 is 10.7 Å². The van der Waals surface area contributed by atoms with E-state index >= 15 is 0 Å². The summed E-state index contributed by atoms with van der Waals surface area (Å²) in [5.41, 5.74) is 1.30. The Bertz CT molecular complexity index is 578. The largest absolute Gasteiger partial charge is 0.454 e. The van der Waals surface area contributed by atoms with Crippen molar-refractivity contribution in [2.45, 2.75) is 57.1 Å². The number of imide groups is 1. The molecule has 25 heavy (non-hydrogen) atoms. The van der Waals surface area contributed by atoms with E-state index in [-0.39, 0.29) is 0 Å². The van der Waals surface area contributed by atoms with Crippen molar-refractivity contribution in [3.63, 3.8) is 0 Å². The zero-order chi connectivity index (χ0) is 18.0. The number of ether oxygens (including phenoxy) is 2. The number of hydrogen-bond donors (Lipinski definition) is 2. The number of carbonyl (C=O) groups is 4. The highest BCUT2D eigenvalue weighted by molar-refractivity contribution is 6.08. The van der Waals surface area contributed by atoms with Crippen molar-refractivity contribution in [3.8, 4) is 0 Å².